The fourth-order valence-electron chi connectivity index (χ4n) is 4.15. The van der Waals surface area contributed by atoms with Crippen LogP contribution in [0.25, 0.3) is 0 Å². The van der Waals surface area contributed by atoms with Crippen LogP contribution < -0.4 is 5.73 Å². The summed E-state index contributed by atoms with van der Waals surface area (Å²) in [7, 11) is 0. The lowest BCUT2D eigenvalue weighted by Crippen LogP contribution is -2.47. The van der Waals surface area contributed by atoms with E-state index in [9.17, 15) is 22.8 Å². The summed E-state index contributed by atoms with van der Waals surface area (Å²) in [6, 6.07) is 5.15. The van der Waals surface area contributed by atoms with Crippen LogP contribution in [0.1, 0.15) is 36.8 Å². The maximum Gasteiger partial charge on any atom is 0.416 e. The highest BCUT2D eigenvalue weighted by Gasteiger charge is 2.42. The van der Waals surface area contributed by atoms with Crippen molar-refractivity contribution in [1.29, 1.82) is 0 Å². The van der Waals surface area contributed by atoms with Crippen LogP contribution in [0.3, 0.4) is 0 Å². The van der Waals surface area contributed by atoms with Crippen LogP contribution in [0.15, 0.2) is 24.3 Å². The van der Waals surface area contributed by atoms with Gasteiger partial charge < -0.3 is 10.6 Å². The summed E-state index contributed by atoms with van der Waals surface area (Å²) in [6.45, 7) is 0.658. The number of hydrogen-bond donors (Lipinski definition) is 1. The number of alkyl halides is 3. The van der Waals surface area contributed by atoms with Crippen LogP contribution in [-0.4, -0.2) is 46.8 Å². The molecule has 0 spiro atoms. The number of halogens is 3. The van der Waals surface area contributed by atoms with E-state index in [4.69, 9.17) is 5.73 Å². The third kappa shape index (κ3) is 3.85. The highest BCUT2D eigenvalue weighted by atomic mass is 19.4. The number of carbonyl (C=O) groups excluding carboxylic acids is 2. The van der Waals surface area contributed by atoms with Gasteiger partial charge in [0, 0.05) is 31.6 Å². The topological polar surface area (TPSA) is 66.6 Å². The van der Waals surface area contributed by atoms with Crippen LogP contribution in [-0.2, 0) is 22.3 Å². The molecule has 0 bridgehead atoms. The summed E-state index contributed by atoms with van der Waals surface area (Å²) in [5.74, 6) is -0.564. The SMILES string of the molecule is NC(=O)CN1CC[C@H]2[C@@H]1CCCC(=O)N2Cc1ccccc1C(F)(F)F. The minimum Gasteiger partial charge on any atom is -0.369 e. The van der Waals surface area contributed by atoms with Crippen molar-refractivity contribution in [3.63, 3.8) is 0 Å². The van der Waals surface area contributed by atoms with Crippen LogP contribution >= 0.6 is 0 Å². The number of primary amides is 1. The largest absolute Gasteiger partial charge is 0.416 e. The van der Waals surface area contributed by atoms with Crippen molar-refractivity contribution in [3.8, 4) is 0 Å². The summed E-state index contributed by atoms with van der Waals surface area (Å²) in [6.07, 6.45) is -2.12. The summed E-state index contributed by atoms with van der Waals surface area (Å²) in [4.78, 5) is 27.4. The average molecular weight is 369 g/mol. The molecule has 142 valence electrons. The third-order valence-electron chi connectivity index (χ3n) is 5.26. The second kappa shape index (κ2) is 7.26. The maximum absolute atomic E-state index is 13.3. The van der Waals surface area contributed by atoms with E-state index in [0.717, 1.165) is 12.5 Å². The van der Waals surface area contributed by atoms with Gasteiger partial charge in [0.1, 0.15) is 0 Å². The highest BCUT2D eigenvalue weighted by Crippen LogP contribution is 2.35. The van der Waals surface area contributed by atoms with Gasteiger partial charge in [0.2, 0.25) is 11.8 Å². The van der Waals surface area contributed by atoms with E-state index >= 15 is 0 Å². The molecule has 26 heavy (non-hydrogen) atoms. The molecule has 2 saturated heterocycles. The number of carbonyl (C=O) groups is 2. The quantitative estimate of drug-likeness (QED) is 0.884. The number of benzene rings is 1. The molecule has 2 aliphatic heterocycles. The van der Waals surface area contributed by atoms with E-state index in [2.05, 4.69) is 0 Å². The fraction of sp³-hybridized carbons (Fsp3) is 0.556. The Hall–Kier alpha value is -2.09. The monoisotopic (exact) mass is 369 g/mol. The molecule has 2 heterocycles. The van der Waals surface area contributed by atoms with Crippen molar-refractivity contribution in [2.24, 2.45) is 5.73 Å². The molecule has 2 N–H and O–H groups in total. The van der Waals surface area contributed by atoms with Crippen molar-refractivity contribution in [2.75, 3.05) is 13.1 Å². The minimum absolute atomic E-state index is 0.0352. The number of likely N-dealkylation sites (tertiary alicyclic amines) is 2. The summed E-state index contributed by atoms with van der Waals surface area (Å²) < 4.78 is 39.9. The number of nitrogens with two attached hydrogens (primary N) is 1. The van der Waals surface area contributed by atoms with E-state index in [1.165, 1.54) is 12.1 Å². The van der Waals surface area contributed by atoms with Gasteiger partial charge in [0.15, 0.2) is 0 Å². The summed E-state index contributed by atoms with van der Waals surface area (Å²) >= 11 is 0. The second-order valence-electron chi connectivity index (χ2n) is 6.93. The molecule has 2 amide bonds. The first-order valence-electron chi connectivity index (χ1n) is 8.74. The van der Waals surface area contributed by atoms with Gasteiger partial charge in [-0.2, -0.15) is 13.2 Å². The van der Waals surface area contributed by atoms with Crippen LogP contribution in [0.2, 0.25) is 0 Å². The Labute approximate surface area is 149 Å². The molecule has 2 fully saturated rings. The molecule has 3 rings (SSSR count). The van der Waals surface area contributed by atoms with Gasteiger partial charge in [-0.05, 0) is 30.9 Å². The lowest BCUT2D eigenvalue weighted by Gasteiger charge is -2.33. The van der Waals surface area contributed by atoms with Crippen molar-refractivity contribution in [2.45, 2.75) is 50.5 Å². The van der Waals surface area contributed by atoms with Gasteiger partial charge in [-0.15, -0.1) is 0 Å². The molecular weight excluding hydrogens is 347 g/mol. The molecule has 0 radical (unpaired) electrons. The zero-order valence-electron chi connectivity index (χ0n) is 14.3. The number of amides is 2. The molecule has 0 unspecified atom stereocenters. The molecule has 1 aromatic rings. The summed E-state index contributed by atoms with van der Waals surface area (Å²) in [5.41, 5.74) is 4.69. The van der Waals surface area contributed by atoms with Crippen LogP contribution in [0, 0.1) is 0 Å². The molecular formula is C18H22F3N3O2. The van der Waals surface area contributed by atoms with E-state index in [-0.39, 0.29) is 36.6 Å². The first-order valence-corrected chi connectivity index (χ1v) is 8.74. The zero-order valence-corrected chi connectivity index (χ0v) is 14.3. The lowest BCUT2D eigenvalue weighted by molar-refractivity contribution is -0.140. The molecule has 1 aromatic carbocycles. The molecule has 8 heteroatoms. The Morgan fingerprint density at radius 2 is 1.92 bits per heavy atom. The van der Waals surface area contributed by atoms with Gasteiger partial charge in [-0.25, -0.2) is 0 Å². The molecule has 0 aliphatic carbocycles. The van der Waals surface area contributed by atoms with Gasteiger partial charge in [0.25, 0.3) is 0 Å². The standard InChI is InChI=1S/C18H22F3N3O2/c19-18(20,21)13-5-2-1-4-12(13)10-24-15-8-9-23(11-16(22)25)14(15)6-3-7-17(24)26/h1-2,4-5,14-15H,3,6-11H2,(H2,22,25)/t14-,15-/m0/s1. The highest BCUT2D eigenvalue weighted by molar-refractivity contribution is 5.77. The maximum atomic E-state index is 13.3. The fourth-order valence-corrected chi connectivity index (χ4v) is 4.15. The predicted molar refractivity (Wildman–Crippen MR) is 88.8 cm³/mol. The first kappa shape index (κ1) is 18.7. The van der Waals surface area contributed by atoms with Crippen molar-refractivity contribution in [3.05, 3.63) is 35.4 Å². The number of nitrogens with zero attached hydrogens (tertiary/aromatic N) is 2. The van der Waals surface area contributed by atoms with Crippen molar-refractivity contribution < 1.29 is 22.8 Å². The Bertz CT molecular complexity index is 693. The normalized spacial score (nSPS) is 24.4. The van der Waals surface area contributed by atoms with Crippen LogP contribution in [0.5, 0.6) is 0 Å². The molecule has 0 saturated carbocycles. The Kier molecular flexibility index (Phi) is 5.22. The number of hydrogen-bond acceptors (Lipinski definition) is 3. The number of rotatable bonds is 4. The Balaban J connectivity index is 1.87. The zero-order chi connectivity index (χ0) is 18.9. The van der Waals surface area contributed by atoms with Crippen molar-refractivity contribution in [1.82, 2.24) is 9.80 Å². The predicted octanol–water partition coefficient (Wildman–Crippen LogP) is 2.15. The number of fused-ring (bicyclic) bond motifs is 1. The summed E-state index contributed by atoms with van der Waals surface area (Å²) in [5, 5.41) is 0. The molecule has 2 atom stereocenters. The first-order chi connectivity index (χ1) is 12.3. The van der Waals surface area contributed by atoms with Gasteiger partial charge in [-0.1, -0.05) is 18.2 Å². The van der Waals surface area contributed by atoms with Gasteiger partial charge >= 0.3 is 6.18 Å². The van der Waals surface area contributed by atoms with Gasteiger partial charge in [-0.3, -0.25) is 14.5 Å². The van der Waals surface area contributed by atoms with Crippen molar-refractivity contribution >= 4 is 11.8 Å². The average Bonchev–Trinajstić information content (AvgIpc) is 2.86. The lowest BCUT2D eigenvalue weighted by atomic mass is 10.0. The van der Waals surface area contributed by atoms with E-state index in [1.54, 1.807) is 11.0 Å². The minimum atomic E-state index is -4.46. The van der Waals surface area contributed by atoms with E-state index in [1.807, 2.05) is 4.90 Å². The second-order valence-corrected chi connectivity index (χ2v) is 6.93. The Morgan fingerprint density at radius 3 is 2.62 bits per heavy atom. The van der Waals surface area contributed by atoms with E-state index < -0.39 is 17.6 Å². The van der Waals surface area contributed by atoms with Crippen LogP contribution in [0.4, 0.5) is 13.2 Å². The van der Waals surface area contributed by atoms with E-state index in [0.29, 0.717) is 25.8 Å². The molecule has 0 aromatic heterocycles. The van der Waals surface area contributed by atoms with Gasteiger partial charge in [0.05, 0.1) is 12.1 Å². The molecule has 5 nitrogen and oxygen atoms in total. The Morgan fingerprint density at radius 1 is 1.19 bits per heavy atom. The third-order valence-corrected chi connectivity index (χ3v) is 5.26. The molecule has 2 aliphatic rings. The smallest absolute Gasteiger partial charge is 0.369 e.